The molecule has 8 heteroatoms. The minimum atomic E-state index is -0.150. The van der Waals surface area contributed by atoms with Gasteiger partial charge in [0.2, 0.25) is 5.91 Å². The molecule has 7 nitrogen and oxygen atoms in total. The summed E-state index contributed by atoms with van der Waals surface area (Å²) in [5, 5.41) is 6.98. The van der Waals surface area contributed by atoms with Gasteiger partial charge in [-0.2, -0.15) is 0 Å². The number of nitrogens with zero attached hydrogens (tertiary/aromatic N) is 3. The molecule has 0 bridgehead atoms. The molecule has 4 aromatic rings. The van der Waals surface area contributed by atoms with E-state index in [4.69, 9.17) is 17.0 Å². The molecule has 1 aliphatic rings. The van der Waals surface area contributed by atoms with E-state index in [9.17, 15) is 4.79 Å². The molecule has 1 saturated heterocycles. The van der Waals surface area contributed by atoms with Crippen molar-refractivity contribution < 1.29 is 9.53 Å². The molecular formula is C29H29N5O2S. The fourth-order valence-electron chi connectivity index (χ4n) is 5.09. The Hall–Kier alpha value is -4.17. The van der Waals surface area contributed by atoms with Gasteiger partial charge >= 0.3 is 0 Å². The molecule has 0 unspecified atom stereocenters. The molecule has 2 aromatic heterocycles. The maximum Gasteiger partial charge on any atom is 0.221 e. The van der Waals surface area contributed by atoms with Crippen LogP contribution in [0.3, 0.4) is 0 Å². The van der Waals surface area contributed by atoms with E-state index in [0.717, 1.165) is 45.5 Å². The molecular weight excluding hydrogens is 482 g/mol. The molecule has 5 rings (SSSR count). The number of benzene rings is 2. The molecule has 3 heterocycles. The summed E-state index contributed by atoms with van der Waals surface area (Å²) in [7, 11) is 1.68. The van der Waals surface area contributed by atoms with Gasteiger partial charge in [-0.05, 0) is 86.2 Å². The van der Waals surface area contributed by atoms with Crippen LogP contribution < -0.4 is 20.3 Å². The van der Waals surface area contributed by atoms with Gasteiger partial charge in [0.1, 0.15) is 5.75 Å². The van der Waals surface area contributed by atoms with Crippen molar-refractivity contribution >= 4 is 34.6 Å². The molecule has 0 radical (unpaired) electrons. The van der Waals surface area contributed by atoms with Crippen molar-refractivity contribution in [1.29, 1.82) is 0 Å². The summed E-state index contributed by atoms with van der Waals surface area (Å²) in [5.74, 6) is 0.701. The van der Waals surface area contributed by atoms with Crippen LogP contribution in [-0.4, -0.2) is 27.7 Å². The number of amides is 1. The number of hydrogen-bond acceptors (Lipinski definition) is 4. The molecule has 1 fully saturated rings. The third-order valence-corrected chi connectivity index (χ3v) is 6.98. The molecule has 37 heavy (non-hydrogen) atoms. The van der Waals surface area contributed by atoms with Gasteiger partial charge in [-0.25, -0.2) is 0 Å². The lowest BCUT2D eigenvalue weighted by Crippen LogP contribution is -2.29. The molecule has 0 aliphatic carbocycles. The standard InChI is InChI=1S/C29H29N5O2S/c1-18-16-25(19(2)33(18)23-8-7-9-24(17-23)36-4)28-27(26-10-5-6-15-30-26)32-29(37)34(28)22-13-11-21(12-14-22)31-20(3)35/h5-17,27-28H,1-4H3,(H,31,35)(H,32,37)/t27-,28-/m1/s1. The maximum atomic E-state index is 11.5. The summed E-state index contributed by atoms with van der Waals surface area (Å²) in [6, 6.07) is 23.7. The molecule has 1 amide bonds. The first-order chi connectivity index (χ1) is 17.9. The first-order valence-corrected chi connectivity index (χ1v) is 12.5. The van der Waals surface area contributed by atoms with E-state index in [2.05, 4.69) is 51.1 Å². The van der Waals surface area contributed by atoms with E-state index in [1.807, 2.05) is 66.9 Å². The summed E-state index contributed by atoms with van der Waals surface area (Å²) in [6.07, 6.45) is 1.81. The normalized spacial score (nSPS) is 17.0. The minimum Gasteiger partial charge on any atom is -0.497 e. The zero-order valence-electron chi connectivity index (χ0n) is 21.2. The number of aryl methyl sites for hydroxylation is 1. The number of rotatable bonds is 6. The van der Waals surface area contributed by atoms with E-state index < -0.39 is 0 Å². The average molecular weight is 512 g/mol. The van der Waals surface area contributed by atoms with Crippen molar-refractivity contribution in [2.45, 2.75) is 32.9 Å². The lowest BCUT2D eigenvalue weighted by Gasteiger charge is -2.28. The predicted molar refractivity (Wildman–Crippen MR) is 150 cm³/mol. The topological polar surface area (TPSA) is 71.4 Å². The number of pyridine rings is 1. The second-order valence-electron chi connectivity index (χ2n) is 9.09. The number of hydrogen-bond donors (Lipinski definition) is 2. The Morgan fingerprint density at radius 2 is 1.81 bits per heavy atom. The minimum absolute atomic E-state index is 0.107. The van der Waals surface area contributed by atoms with Gasteiger partial charge in [0.05, 0.1) is 24.9 Å². The SMILES string of the molecule is COc1cccc(-n2c(C)cc([C@@H]3[C@@H](c4ccccn4)NC(=S)N3c3ccc(NC(C)=O)cc3)c2C)c1. The second-order valence-corrected chi connectivity index (χ2v) is 9.47. The van der Waals surface area contributed by atoms with Crippen LogP contribution >= 0.6 is 12.2 Å². The van der Waals surface area contributed by atoms with Gasteiger partial charge < -0.3 is 24.8 Å². The highest BCUT2D eigenvalue weighted by Crippen LogP contribution is 2.44. The quantitative estimate of drug-likeness (QED) is 0.327. The van der Waals surface area contributed by atoms with E-state index in [1.54, 1.807) is 7.11 Å². The summed E-state index contributed by atoms with van der Waals surface area (Å²) in [6.45, 7) is 5.74. The van der Waals surface area contributed by atoms with E-state index >= 15 is 0 Å². The van der Waals surface area contributed by atoms with Crippen LogP contribution in [-0.2, 0) is 4.79 Å². The summed E-state index contributed by atoms with van der Waals surface area (Å²) < 4.78 is 7.72. The molecule has 0 spiro atoms. The van der Waals surface area contributed by atoms with Gasteiger partial charge in [-0.1, -0.05) is 12.1 Å². The van der Waals surface area contributed by atoms with Crippen LogP contribution in [0.1, 0.15) is 41.7 Å². The Morgan fingerprint density at radius 3 is 2.49 bits per heavy atom. The van der Waals surface area contributed by atoms with Gasteiger partial charge in [0.15, 0.2) is 5.11 Å². The average Bonchev–Trinajstić information content (AvgIpc) is 3.39. The number of nitrogens with one attached hydrogen (secondary N) is 2. The summed E-state index contributed by atoms with van der Waals surface area (Å²) >= 11 is 5.88. The van der Waals surface area contributed by atoms with Crippen molar-refractivity contribution in [2.24, 2.45) is 0 Å². The fourth-order valence-corrected chi connectivity index (χ4v) is 5.44. The Labute approximate surface area is 222 Å². The van der Waals surface area contributed by atoms with Gasteiger partial charge in [0.25, 0.3) is 0 Å². The number of carbonyl (C=O) groups excluding carboxylic acids is 1. The maximum absolute atomic E-state index is 11.5. The highest BCUT2D eigenvalue weighted by Gasteiger charge is 2.42. The van der Waals surface area contributed by atoms with Gasteiger partial charge in [-0.15, -0.1) is 0 Å². The highest BCUT2D eigenvalue weighted by atomic mass is 32.1. The van der Waals surface area contributed by atoms with Crippen molar-refractivity contribution in [3.05, 3.63) is 102 Å². The molecule has 2 atom stereocenters. The Kier molecular flexibility index (Phi) is 6.67. The van der Waals surface area contributed by atoms with Crippen molar-refractivity contribution in [3.8, 4) is 11.4 Å². The first-order valence-electron chi connectivity index (χ1n) is 12.1. The number of aromatic nitrogens is 2. The fraction of sp³-hybridized carbons (Fsp3) is 0.207. The number of thiocarbonyl (C=S) groups is 1. The van der Waals surface area contributed by atoms with Crippen molar-refractivity contribution in [2.75, 3.05) is 17.3 Å². The largest absolute Gasteiger partial charge is 0.497 e. The molecule has 188 valence electrons. The van der Waals surface area contributed by atoms with Gasteiger partial charge in [0, 0.05) is 47.6 Å². The summed E-state index contributed by atoms with van der Waals surface area (Å²) in [4.78, 5) is 18.3. The van der Waals surface area contributed by atoms with E-state index in [-0.39, 0.29) is 18.0 Å². The Bertz CT molecular complexity index is 1450. The smallest absolute Gasteiger partial charge is 0.221 e. The number of methoxy groups -OCH3 is 1. The molecule has 2 aromatic carbocycles. The lowest BCUT2D eigenvalue weighted by atomic mass is 9.96. The van der Waals surface area contributed by atoms with Crippen molar-refractivity contribution in [3.63, 3.8) is 0 Å². The van der Waals surface area contributed by atoms with Crippen LogP contribution in [0.25, 0.3) is 5.69 Å². The van der Waals surface area contributed by atoms with Crippen LogP contribution in [0, 0.1) is 13.8 Å². The van der Waals surface area contributed by atoms with Crippen molar-refractivity contribution in [1.82, 2.24) is 14.9 Å². The number of ether oxygens (including phenoxy) is 1. The third-order valence-electron chi connectivity index (χ3n) is 6.66. The molecule has 2 N–H and O–H groups in total. The number of anilines is 2. The predicted octanol–water partition coefficient (Wildman–Crippen LogP) is 5.63. The first kappa shape index (κ1) is 24.5. The van der Waals surface area contributed by atoms with Gasteiger partial charge in [-0.3, -0.25) is 9.78 Å². The zero-order valence-corrected chi connectivity index (χ0v) is 22.0. The van der Waals surface area contributed by atoms with Crippen LogP contribution in [0.2, 0.25) is 0 Å². The molecule has 0 saturated carbocycles. The van der Waals surface area contributed by atoms with Crippen LogP contribution in [0.5, 0.6) is 5.75 Å². The third kappa shape index (κ3) is 4.68. The zero-order chi connectivity index (χ0) is 26.1. The number of carbonyl (C=O) groups is 1. The Balaban J connectivity index is 1.63. The van der Waals surface area contributed by atoms with Crippen LogP contribution in [0.15, 0.2) is 79.0 Å². The second kappa shape index (κ2) is 10.1. The van der Waals surface area contributed by atoms with E-state index in [1.165, 1.54) is 6.92 Å². The van der Waals surface area contributed by atoms with E-state index in [0.29, 0.717) is 5.11 Å². The highest BCUT2D eigenvalue weighted by molar-refractivity contribution is 7.80. The van der Waals surface area contributed by atoms with Crippen LogP contribution in [0.4, 0.5) is 11.4 Å². The summed E-state index contributed by atoms with van der Waals surface area (Å²) in [5.41, 5.74) is 6.99. The monoisotopic (exact) mass is 511 g/mol. The lowest BCUT2D eigenvalue weighted by molar-refractivity contribution is -0.114. The Morgan fingerprint density at radius 1 is 1.03 bits per heavy atom. The molecule has 1 aliphatic heterocycles.